The lowest BCUT2D eigenvalue weighted by Gasteiger charge is -2.16. The summed E-state index contributed by atoms with van der Waals surface area (Å²) in [5.41, 5.74) is 0. The molecule has 0 fully saturated rings. The zero-order valence-electron chi connectivity index (χ0n) is 17.3. The van der Waals surface area contributed by atoms with Gasteiger partial charge in [-0.15, -0.1) is 0 Å². The van der Waals surface area contributed by atoms with E-state index < -0.39 is 12.1 Å². The van der Waals surface area contributed by atoms with Gasteiger partial charge >= 0.3 is 6.18 Å². The van der Waals surface area contributed by atoms with E-state index >= 15 is 0 Å². The number of alkyl halides is 5. The molecule has 0 aromatic rings. The maximum atomic E-state index is 13.6. The minimum atomic E-state index is -4.37. The second-order valence-corrected chi connectivity index (χ2v) is 7.35. The largest absolute Gasteiger partial charge is 0.457 e. The lowest BCUT2D eigenvalue weighted by Crippen LogP contribution is -2.16. The first-order chi connectivity index (χ1) is 13.3. The van der Waals surface area contributed by atoms with Crippen LogP contribution in [0.15, 0.2) is 0 Å². The highest BCUT2D eigenvalue weighted by atomic mass is 19.4. The van der Waals surface area contributed by atoms with Gasteiger partial charge in [0.2, 0.25) is 5.92 Å². The van der Waals surface area contributed by atoms with E-state index in [9.17, 15) is 22.0 Å². The van der Waals surface area contributed by atoms with E-state index in [1.165, 1.54) is 5.92 Å². The van der Waals surface area contributed by atoms with Crippen LogP contribution in [0.4, 0.5) is 22.0 Å². The third-order valence-electron chi connectivity index (χ3n) is 4.61. The van der Waals surface area contributed by atoms with Crippen LogP contribution in [0.25, 0.3) is 0 Å². The van der Waals surface area contributed by atoms with Crippen LogP contribution < -0.4 is 0 Å². The number of rotatable bonds is 18. The van der Waals surface area contributed by atoms with Crippen molar-refractivity contribution in [1.29, 1.82) is 0 Å². The van der Waals surface area contributed by atoms with Crippen LogP contribution in [0.1, 0.15) is 103 Å². The first-order valence-electron chi connectivity index (χ1n) is 10.8. The monoisotopic (exact) mass is 412 g/mol. The van der Waals surface area contributed by atoms with Gasteiger partial charge in [-0.3, -0.25) is 0 Å². The van der Waals surface area contributed by atoms with Gasteiger partial charge in [0, 0.05) is 38.4 Å². The third-order valence-corrected chi connectivity index (χ3v) is 4.61. The zero-order chi connectivity index (χ0) is 21.1. The fraction of sp³-hybridized carbons (Fsp3) is 0.909. The highest BCUT2D eigenvalue weighted by molar-refractivity contribution is 5.04. The van der Waals surface area contributed by atoms with Gasteiger partial charge in [-0.1, -0.05) is 63.7 Å². The topological polar surface area (TPSA) is 9.23 Å². The Hall–Kier alpha value is -0.830. The van der Waals surface area contributed by atoms with E-state index in [1.54, 1.807) is 0 Å². The van der Waals surface area contributed by atoms with Crippen molar-refractivity contribution in [3.63, 3.8) is 0 Å². The molecule has 0 aliphatic carbocycles. The molecule has 0 bridgehead atoms. The predicted molar refractivity (Wildman–Crippen MR) is 105 cm³/mol. The Kier molecular flexibility index (Phi) is 16.6. The number of ether oxygens (including phenoxy) is 1. The summed E-state index contributed by atoms with van der Waals surface area (Å²) in [5, 5.41) is 0. The highest BCUT2D eigenvalue weighted by Crippen LogP contribution is 2.27. The number of hydrogen-bond acceptors (Lipinski definition) is 1. The average Bonchev–Trinajstić information content (AvgIpc) is 2.61. The molecule has 0 aromatic carbocycles. The van der Waals surface area contributed by atoms with E-state index in [0.29, 0.717) is 32.5 Å². The van der Waals surface area contributed by atoms with E-state index in [1.807, 2.05) is 6.92 Å². The van der Waals surface area contributed by atoms with Gasteiger partial charge in [-0.2, -0.15) is 13.2 Å². The Balaban J connectivity index is 3.32. The van der Waals surface area contributed by atoms with E-state index in [2.05, 4.69) is 5.92 Å². The van der Waals surface area contributed by atoms with Crippen LogP contribution in [-0.2, 0) is 4.74 Å². The first-order valence-corrected chi connectivity index (χ1v) is 10.8. The molecule has 0 aliphatic rings. The summed E-state index contributed by atoms with van der Waals surface area (Å²) in [6, 6.07) is 0. The second kappa shape index (κ2) is 17.1. The van der Waals surface area contributed by atoms with Gasteiger partial charge in [-0.05, 0) is 26.2 Å². The van der Waals surface area contributed by atoms with Gasteiger partial charge in [-0.25, -0.2) is 8.78 Å². The van der Waals surface area contributed by atoms with Gasteiger partial charge in [0.1, 0.15) is 0 Å². The molecule has 0 rings (SSSR count). The number of hydrogen-bond donors (Lipinski definition) is 0. The second-order valence-electron chi connectivity index (χ2n) is 7.35. The standard InChI is InChI=1S/C22H37F5O/c1-2-28-20-16-18-21(23,24)17-14-12-10-8-6-4-3-5-7-9-11-13-15-19-22(25,26)27/h2-14,16-18,20H2,1H3. The maximum Gasteiger partial charge on any atom is 0.457 e. The Morgan fingerprint density at radius 2 is 1.11 bits per heavy atom. The molecular formula is C22H37F5O. The maximum absolute atomic E-state index is 13.6. The van der Waals surface area contributed by atoms with Gasteiger partial charge in [0.05, 0.1) is 0 Å². The van der Waals surface area contributed by atoms with Crippen molar-refractivity contribution in [3.05, 3.63) is 0 Å². The highest BCUT2D eigenvalue weighted by Gasteiger charge is 2.27. The molecule has 0 heterocycles. The van der Waals surface area contributed by atoms with Gasteiger partial charge in [0.25, 0.3) is 0 Å². The minimum absolute atomic E-state index is 0.0214. The fourth-order valence-electron chi connectivity index (χ4n) is 3.05. The number of halogens is 5. The quantitative estimate of drug-likeness (QED) is 0.126. The molecule has 166 valence electrons. The Bertz CT molecular complexity index is 409. The summed E-state index contributed by atoms with van der Waals surface area (Å²) in [6.07, 6.45) is 6.97. The molecule has 0 saturated heterocycles. The molecule has 0 aromatic heterocycles. The molecule has 0 unspecified atom stereocenters. The van der Waals surface area contributed by atoms with E-state index in [4.69, 9.17) is 4.74 Å². The van der Waals surface area contributed by atoms with Crippen molar-refractivity contribution in [2.24, 2.45) is 0 Å². The molecule has 0 amide bonds. The summed E-state index contributed by atoms with van der Waals surface area (Å²) in [7, 11) is 0. The fourth-order valence-corrected chi connectivity index (χ4v) is 3.05. The Morgan fingerprint density at radius 3 is 1.61 bits per heavy atom. The number of unbranched alkanes of at least 4 members (excludes halogenated alkanes) is 11. The molecule has 0 radical (unpaired) electrons. The molecule has 28 heavy (non-hydrogen) atoms. The molecule has 0 saturated carbocycles. The van der Waals surface area contributed by atoms with Crippen LogP contribution in [0.2, 0.25) is 0 Å². The van der Waals surface area contributed by atoms with Crippen LogP contribution >= 0.6 is 0 Å². The molecule has 0 N–H and O–H groups in total. The van der Waals surface area contributed by atoms with Crippen molar-refractivity contribution in [2.45, 2.75) is 115 Å². The minimum Gasteiger partial charge on any atom is -0.382 e. The van der Waals surface area contributed by atoms with Crippen molar-refractivity contribution in [3.8, 4) is 11.8 Å². The lowest BCUT2D eigenvalue weighted by atomic mass is 10.0. The summed E-state index contributed by atoms with van der Waals surface area (Å²) >= 11 is 0. The van der Waals surface area contributed by atoms with Crippen molar-refractivity contribution >= 4 is 0 Å². The Labute approximate surface area is 167 Å². The van der Waals surface area contributed by atoms with E-state index in [-0.39, 0.29) is 12.8 Å². The van der Waals surface area contributed by atoms with Crippen LogP contribution in [-0.4, -0.2) is 25.3 Å². The summed E-state index contributed by atoms with van der Waals surface area (Å²) in [5.74, 6) is 0.884. The lowest BCUT2D eigenvalue weighted by molar-refractivity contribution is -0.0697. The van der Waals surface area contributed by atoms with Gasteiger partial charge in [0.15, 0.2) is 0 Å². The third kappa shape index (κ3) is 21.5. The molecule has 0 atom stereocenters. The van der Waals surface area contributed by atoms with Gasteiger partial charge < -0.3 is 4.74 Å². The SMILES string of the molecule is CCOCCCC(F)(F)CCCCCCCCCCCCCC#CC(F)(F)F. The molecule has 0 spiro atoms. The van der Waals surface area contributed by atoms with Crippen molar-refractivity contribution < 1.29 is 26.7 Å². The van der Waals surface area contributed by atoms with E-state index in [0.717, 1.165) is 64.2 Å². The summed E-state index contributed by atoms with van der Waals surface area (Å²) in [4.78, 5) is 0. The first kappa shape index (κ1) is 27.2. The van der Waals surface area contributed by atoms with Crippen molar-refractivity contribution in [2.75, 3.05) is 13.2 Å². The molecule has 0 aliphatic heterocycles. The smallest absolute Gasteiger partial charge is 0.382 e. The van der Waals surface area contributed by atoms with Crippen molar-refractivity contribution in [1.82, 2.24) is 0 Å². The molecule has 1 nitrogen and oxygen atoms in total. The van der Waals surface area contributed by atoms with Crippen LogP contribution in [0.5, 0.6) is 0 Å². The average molecular weight is 413 g/mol. The van der Waals surface area contributed by atoms with Crippen LogP contribution in [0, 0.1) is 11.8 Å². The molecular weight excluding hydrogens is 375 g/mol. The molecule has 6 heteroatoms. The predicted octanol–water partition coefficient (Wildman–Crippen LogP) is 8.08. The summed E-state index contributed by atoms with van der Waals surface area (Å²) in [6.45, 7) is 2.85. The Morgan fingerprint density at radius 1 is 0.643 bits per heavy atom. The van der Waals surface area contributed by atoms with Crippen LogP contribution in [0.3, 0.4) is 0 Å². The normalized spacial score (nSPS) is 12.1. The zero-order valence-corrected chi connectivity index (χ0v) is 17.3. The summed E-state index contributed by atoms with van der Waals surface area (Å²) < 4.78 is 67.8.